The van der Waals surface area contributed by atoms with Crippen molar-refractivity contribution in [3.8, 4) is 17.1 Å². The predicted molar refractivity (Wildman–Crippen MR) is 103 cm³/mol. The fourth-order valence-electron chi connectivity index (χ4n) is 2.83. The molecule has 0 bridgehead atoms. The molecule has 0 saturated heterocycles. The minimum absolute atomic E-state index is 0.501. The van der Waals surface area contributed by atoms with Crippen LogP contribution in [-0.4, -0.2) is 17.1 Å². The molecule has 0 amide bonds. The van der Waals surface area contributed by atoms with Crippen molar-refractivity contribution >= 4 is 27.4 Å². The van der Waals surface area contributed by atoms with Gasteiger partial charge >= 0.3 is 0 Å². The Hall–Kier alpha value is -2.92. The molecule has 0 aliphatic carbocycles. The minimum Gasteiger partial charge on any atom is -0.496 e. The van der Waals surface area contributed by atoms with Gasteiger partial charge in [-0.15, -0.1) is 11.3 Å². The summed E-state index contributed by atoms with van der Waals surface area (Å²) in [6.45, 7) is 0. The van der Waals surface area contributed by atoms with Crippen molar-refractivity contribution in [2.24, 2.45) is 0 Å². The van der Waals surface area contributed by atoms with Gasteiger partial charge in [0.15, 0.2) is 5.82 Å². The molecule has 2 aromatic heterocycles. The molecule has 0 fully saturated rings. The number of hydrogen-bond donors (Lipinski definition) is 1. The number of aromatic nitrogens is 2. The summed E-state index contributed by atoms with van der Waals surface area (Å²) in [5.74, 6) is 1.83. The van der Waals surface area contributed by atoms with Crippen molar-refractivity contribution in [3.05, 3.63) is 71.1 Å². The molecule has 0 unspecified atom stereocenters. The van der Waals surface area contributed by atoms with Crippen LogP contribution < -0.4 is 10.5 Å². The molecule has 2 N–H and O–H groups in total. The Morgan fingerprint density at radius 2 is 1.76 bits per heavy atom. The van der Waals surface area contributed by atoms with Crippen LogP contribution in [0.1, 0.15) is 10.4 Å². The van der Waals surface area contributed by atoms with Gasteiger partial charge in [-0.2, -0.15) is 0 Å². The number of benzene rings is 2. The highest BCUT2D eigenvalue weighted by Crippen LogP contribution is 2.33. The Morgan fingerprint density at radius 3 is 2.56 bits per heavy atom. The van der Waals surface area contributed by atoms with E-state index < -0.39 is 0 Å². The number of ether oxygens (including phenoxy) is 1. The minimum atomic E-state index is 0.501. The highest BCUT2D eigenvalue weighted by molar-refractivity contribution is 7.18. The number of nitrogens with two attached hydrogens (primary N) is 1. The maximum atomic E-state index is 6.21. The van der Waals surface area contributed by atoms with Crippen LogP contribution in [0.2, 0.25) is 0 Å². The predicted octanol–water partition coefficient (Wildman–Crippen LogP) is 4.54. The number of nitrogens with zero attached hydrogens (tertiary/aromatic N) is 2. The third-order valence-electron chi connectivity index (χ3n) is 4.04. The van der Waals surface area contributed by atoms with E-state index in [1.807, 2.05) is 30.3 Å². The summed E-state index contributed by atoms with van der Waals surface area (Å²) in [5, 5.41) is 0.912. The first kappa shape index (κ1) is 15.6. The molecule has 4 rings (SSSR count). The normalized spacial score (nSPS) is 10.9. The quantitative estimate of drug-likeness (QED) is 0.589. The van der Waals surface area contributed by atoms with E-state index in [9.17, 15) is 0 Å². The summed E-state index contributed by atoms with van der Waals surface area (Å²) < 4.78 is 5.42. The van der Waals surface area contributed by atoms with E-state index in [1.54, 1.807) is 18.4 Å². The SMILES string of the molecule is COc1ccccc1-c1nc(N)c2cc(Cc3ccccc3)sc2n1. The lowest BCUT2D eigenvalue weighted by molar-refractivity contribution is 0.416. The number of nitrogen functional groups attached to an aromatic ring is 1. The molecule has 2 heterocycles. The Kier molecular flexibility index (Phi) is 4.07. The average molecular weight is 347 g/mol. The first-order chi connectivity index (χ1) is 12.2. The molecule has 0 aliphatic rings. The lowest BCUT2D eigenvalue weighted by Crippen LogP contribution is -1.97. The highest BCUT2D eigenvalue weighted by atomic mass is 32.1. The van der Waals surface area contributed by atoms with Crippen LogP contribution in [0.15, 0.2) is 60.7 Å². The summed E-state index contributed by atoms with van der Waals surface area (Å²) in [5.41, 5.74) is 8.32. The van der Waals surface area contributed by atoms with Crippen LogP contribution in [0.5, 0.6) is 5.75 Å². The van der Waals surface area contributed by atoms with Gasteiger partial charge in [0.05, 0.1) is 18.1 Å². The van der Waals surface area contributed by atoms with E-state index in [-0.39, 0.29) is 0 Å². The lowest BCUT2D eigenvalue weighted by Gasteiger charge is -2.07. The molecule has 124 valence electrons. The van der Waals surface area contributed by atoms with Gasteiger partial charge in [0, 0.05) is 11.3 Å². The van der Waals surface area contributed by atoms with Gasteiger partial charge in [-0.25, -0.2) is 9.97 Å². The van der Waals surface area contributed by atoms with Gasteiger partial charge in [-0.1, -0.05) is 42.5 Å². The number of para-hydroxylation sites is 1. The largest absolute Gasteiger partial charge is 0.496 e. The van der Waals surface area contributed by atoms with E-state index in [0.29, 0.717) is 11.6 Å². The Bertz CT molecular complexity index is 1030. The van der Waals surface area contributed by atoms with E-state index >= 15 is 0 Å². The Labute approximate surface area is 149 Å². The first-order valence-electron chi connectivity index (χ1n) is 7.98. The molecule has 0 radical (unpaired) electrons. The maximum Gasteiger partial charge on any atom is 0.166 e. The van der Waals surface area contributed by atoms with Gasteiger partial charge in [0.25, 0.3) is 0 Å². The lowest BCUT2D eigenvalue weighted by atomic mass is 10.1. The highest BCUT2D eigenvalue weighted by Gasteiger charge is 2.14. The van der Waals surface area contributed by atoms with Crippen molar-refractivity contribution in [1.29, 1.82) is 0 Å². The van der Waals surface area contributed by atoms with Gasteiger partial charge in [0.1, 0.15) is 16.4 Å². The molecule has 0 spiro atoms. The zero-order chi connectivity index (χ0) is 17.2. The van der Waals surface area contributed by atoms with Crippen LogP contribution in [0, 0.1) is 0 Å². The second-order valence-electron chi connectivity index (χ2n) is 5.73. The molecule has 4 nitrogen and oxygen atoms in total. The van der Waals surface area contributed by atoms with Crippen molar-refractivity contribution in [2.45, 2.75) is 6.42 Å². The number of thiophene rings is 1. The summed E-state index contributed by atoms with van der Waals surface area (Å²) >= 11 is 1.66. The molecule has 0 saturated carbocycles. The van der Waals surface area contributed by atoms with Crippen molar-refractivity contribution in [2.75, 3.05) is 12.8 Å². The zero-order valence-electron chi connectivity index (χ0n) is 13.8. The summed E-state index contributed by atoms with van der Waals surface area (Å²) in [4.78, 5) is 11.3. The molecular weight excluding hydrogens is 330 g/mol. The number of rotatable bonds is 4. The van der Waals surface area contributed by atoms with Gasteiger partial charge in [-0.05, 0) is 23.8 Å². The van der Waals surface area contributed by atoms with E-state index in [4.69, 9.17) is 15.5 Å². The van der Waals surface area contributed by atoms with Gasteiger partial charge < -0.3 is 10.5 Å². The van der Waals surface area contributed by atoms with Crippen molar-refractivity contribution < 1.29 is 4.74 Å². The van der Waals surface area contributed by atoms with Crippen molar-refractivity contribution in [3.63, 3.8) is 0 Å². The fourth-order valence-corrected chi connectivity index (χ4v) is 3.90. The molecule has 25 heavy (non-hydrogen) atoms. The Morgan fingerprint density at radius 1 is 1.00 bits per heavy atom. The summed E-state index contributed by atoms with van der Waals surface area (Å²) in [6, 6.07) is 20.2. The maximum absolute atomic E-state index is 6.21. The Balaban J connectivity index is 1.77. The third-order valence-corrected chi connectivity index (χ3v) is 5.07. The van der Waals surface area contributed by atoms with Crippen LogP contribution >= 0.6 is 11.3 Å². The van der Waals surface area contributed by atoms with Gasteiger partial charge in [-0.3, -0.25) is 0 Å². The average Bonchev–Trinajstić information content (AvgIpc) is 3.05. The fraction of sp³-hybridized carbons (Fsp3) is 0.100. The van der Waals surface area contributed by atoms with E-state index in [1.165, 1.54) is 10.4 Å². The topological polar surface area (TPSA) is 61.0 Å². The summed E-state index contributed by atoms with van der Waals surface area (Å²) in [6.07, 6.45) is 0.866. The van der Waals surface area contributed by atoms with Crippen LogP contribution in [0.3, 0.4) is 0 Å². The molecular formula is C20H17N3OS. The number of fused-ring (bicyclic) bond motifs is 1. The van der Waals surface area contributed by atoms with E-state index in [2.05, 4.69) is 35.3 Å². The van der Waals surface area contributed by atoms with Gasteiger partial charge in [0.2, 0.25) is 0 Å². The third kappa shape index (κ3) is 3.06. The van der Waals surface area contributed by atoms with E-state index in [0.717, 1.165) is 28.0 Å². The number of methoxy groups -OCH3 is 1. The zero-order valence-corrected chi connectivity index (χ0v) is 14.6. The molecule has 5 heteroatoms. The van der Waals surface area contributed by atoms with Crippen LogP contribution in [-0.2, 0) is 6.42 Å². The molecule has 0 aliphatic heterocycles. The van der Waals surface area contributed by atoms with Crippen molar-refractivity contribution in [1.82, 2.24) is 9.97 Å². The first-order valence-corrected chi connectivity index (χ1v) is 8.79. The molecule has 4 aromatic rings. The molecule has 0 atom stereocenters. The second-order valence-corrected chi connectivity index (χ2v) is 6.84. The standard InChI is InChI=1S/C20H17N3OS/c1-24-17-10-6-5-9-15(17)19-22-18(21)16-12-14(25-20(16)23-19)11-13-7-3-2-4-8-13/h2-10,12H,11H2,1H3,(H2,21,22,23). The van der Waals surface area contributed by atoms with Crippen LogP contribution in [0.4, 0.5) is 5.82 Å². The second kappa shape index (κ2) is 6.53. The number of anilines is 1. The number of hydrogen-bond acceptors (Lipinski definition) is 5. The monoisotopic (exact) mass is 347 g/mol. The smallest absolute Gasteiger partial charge is 0.166 e. The summed E-state index contributed by atoms with van der Waals surface area (Å²) in [7, 11) is 1.64. The molecule has 2 aromatic carbocycles. The van der Waals surface area contributed by atoms with Crippen LogP contribution in [0.25, 0.3) is 21.6 Å².